The molecule has 1 aromatic carbocycles. The van der Waals surface area contributed by atoms with Gasteiger partial charge in [0.05, 0.1) is 0 Å². The van der Waals surface area contributed by atoms with E-state index < -0.39 is 32.9 Å². The second kappa shape index (κ2) is 12.8. The molecule has 0 fully saturated rings. The van der Waals surface area contributed by atoms with Crippen LogP contribution >= 0.6 is 0 Å². The van der Waals surface area contributed by atoms with Crippen LogP contribution in [-0.2, 0) is 22.4 Å². The summed E-state index contributed by atoms with van der Waals surface area (Å²) in [6.07, 6.45) is 4.06. The number of imidazole rings is 1. The van der Waals surface area contributed by atoms with Crippen molar-refractivity contribution in [1.82, 2.24) is 9.13 Å². The zero-order chi connectivity index (χ0) is 27.3. The van der Waals surface area contributed by atoms with Crippen molar-refractivity contribution in [3.05, 3.63) is 54.9 Å². The number of aromatic nitrogens is 2. The van der Waals surface area contributed by atoms with Crippen molar-refractivity contribution in [1.29, 1.82) is 0 Å². The minimum atomic E-state index is -1.11. The summed E-state index contributed by atoms with van der Waals surface area (Å²) in [6.45, 7) is 34.0. The Bertz CT molecular complexity index is 896. The third-order valence-electron chi connectivity index (χ3n) is 4.12. The maximum absolute atomic E-state index is 4.82. The van der Waals surface area contributed by atoms with Gasteiger partial charge in [0.25, 0.3) is 0 Å². The van der Waals surface area contributed by atoms with Gasteiger partial charge in [-0.2, -0.15) is 0 Å². The molecule has 0 atom stereocenters. The van der Waals surface area contributed by atoms with Crippen LogP contribution in [0.1, 0.15) is 16.7 Å². The molecule has 0 amide bonds. The number of hydrogen-bond donors (Lipinski definition) is 0. The molecule has 9 heteroatoms. The van der Waals surface area contributed by atoms with Gasteiger partial charge in [0.1, 0.15) is 0 Å². The average molecular weight is 580 g/mol. The summed E-state index contributed by atoms with van der Waals surface area (Å²) >= 11 is 4.57. The zero-order valence-corrected chi connectivity index (χ0v) is 30.0. The molecule has 2 rings (SSSR count). The Morgan fingerprint density at radius 3 is 1.15 bits per heavy atom. The molecule has 199 valence electrons. The Hall–Kier alpha value is -0.276. The Labute approximate surface area is 223 Å². The van der Waals surface area contributed by atoms with Crippen molar-refractivity contribution < 1.29 is 15.3 Å². The summed E-state index contributed by atoms with van der Waals surface area (Å²) in [6, 6.07) is 4.41. The van der Waals surface area contributed by atoms with Crippen molar-refractivity contribution >= 4 is 32.9 Å². The standard InChI is InChI=1S/C13H16N2.2C6H18NSi2.Co/c1-10-7-11(2)13(12(3)8-10)15-6-5-14(4)9-15;2*1-8(2,3)7-9(4,5)6;/h5-8H,1-4H3;2*1-6H3;/q;2*-1;. The van der Waals surface area contributed by atoms with Gasteiger partial charge in [0.15, 0.2) is 0 Å². The number of hydrogen-bond acceptors (Lipinski definition) is 0. The van der Waals surface area contributed by atoms with Crippen LogP contribution in [0.4, 0.5) is 0 Å². The van der Waals surface area contributed by atoms with Gasteiger partial charge in [0, 0.05) is 0 Å². The normalized spacial score (nSPS) is 12.5. The molecular formula is C25H52CoN4Si4-2. The van der Waals surface area contributed by atoms with Crippen LogP contribution in [0.25, 0.3) is 15.0 Å². The quantitative estimate of drug-likeness (QED) is 0.317. The first kappa shape index (κ1) is 33.7. The first-order chi connectivity index (χ1) is 14.9. The molecule has 0 unspecified atom stereocenters. The molecule has 0 N–H and O–H groups in total. The van der Waals surface area contributed by atoms with Crippen molar-refractivity contribution in [3.8, 4) is 5.69 Å². The summed E-state index contributed by atoms with van der Waals surface area (Å²) in [5.74, 6) is 0. The topological polar surface area (TPSA) is 38.1 Å². The summed E-state index contributed by atoms with van der Waals surface area (Å²) in [5, 5.41) is 0. The molecule has 0 aliphatic heterocycles. The summed E-state index contributed by atoms with van der Waals surface area (Å²) in [7, 11) is -2.43. The van der Waals surface area contributed by atoms with Crippen LogP contribution in [0, 0.1) is 25.1 Å². The van der Waals surface area contributed by atoms with Crippen molar-refractivity contribution in [2.24, 2.45) is 7.05 Å². The summed E-state index contributed by atoms with van der Waals surface area (Å²) in [5.41, 5.74) is 5.09. The van der Waals surface area contributed by atoms with Crippen LogP contribution in [0.2, 0.25) is 78.6 Å². The minimum absolute atomic E-state index is 0.933. The number of aryl methyl sites for hydroxylation is 4. The van der Waals surface area contributed by atoms with E-state index in [-0.39, 0.29) is 0 Å². The van der Waals surface area contributed by atoms with Gasteiger partial charge in [-0.3, -0.25) is 0 Å². The van der Waals surface area contributed by atoms with Gasteiger partial charge < -0.3 is 9.30 Å². The first-order valence-electron chi connectivity index (χ1n) is 12.2. The van der Waals surface area contributed by atoms with Gasteiger partial charge in [-0.05, 0) is 0 Å². The third kappa shape index (κ3) is 15.0. The molecule has 0 bridgehead atoms. The van der Waals surface area contributed by atoms with E-state index in [1.54, 1.807) is 0 Å². The molecule has 1 heterocycles. The second-order valence-electron chi connectivity index (χ2n) is 13.2. The predicted octanol–water partition coefficient (Wildman–Crippen LogP) is 8.88. The Balaban J connectivity index is 0.000000523. The van der Waals surface area contributed by atoms with Gasteiger partial charge >= 0.3 is 104 Å². The van der Waals surface area contributed by atoms with Crippen molar-refractivity contribution in [3.63, 3.8) is 0 Å². The first-order valence-corrected chi connectivity index (χ1v) is 26.5. The van der Waals surface area contributed by atoms with Gasteiger partial charge in [0.2, 0.25) is 0 Å². The average Bonchev–Trinajstić information content (AvgIpc) is 2.80. The molecule has 0 radical (unpaired) electrons. The Morgan fingerprint density at radius 1 is 0.618 bits per heavy atom. The molecule has 1 aromatic heterocycles. The Morgan fingerprint density at radius 2 is 0.941 bits per heavy atom. The fourth-order valence-corrected chi connectivity index (χ4v) is 20.6. The van der Waals surface area contributed by atoms with E-state index in [2.05, 4.69) is 131 Å². The Kier molecular flexibility index (Phi) is 12.7. The molecule has 0 saturated carbocycles. The van der Waals surface area contributed by atoms with Gasteiger partial charge in [-0.25, -0.2) is 0 Å². The van der Waals surface area contributed by atoms with Crippen LogP contribution in [0.3, 0.4) is 0 Å². The van der Waals surface area contributed by atoms with E-state index >= 15 is 0 Å². The van der Waals surface area contributed by atoms with Gasteiger partial charge in [-0.1, -0.05) is 112 Å². The van der Waals surface area contributed by atoms with E-state index in [1.165, 1.54) is 22.4 Å². The second-order valence-corrected chi connectivity index (χ2v) is 32.8. The maximum atomic E-state index is 4.82. The van der Waals surface area contributed by atoms with Crippen LogP contribution in [-0.4, -0.2) is 42.1 Å². The molecular weight excluding hydrogens is 528 g/mol. The molecule has 2 aromatic rings. The monoisotopic (exact) mass is 579 g/mol. The fraction of sp³-hybridized carbons (Fsp3) is 0.640. The molecule has 0 aliphatic rings. The predicted molar refractivity (Wildman–Crippen MR) is 162 cm³/mol. The van der Waals surface area contributed by atoms with Crippen molar-refractivity contribution in [2.45, 2.75) is 99.3 Å². The number of nitrogens with zero attached hydrogens (tertiary/aromatic N) is 4. The molecule has 0 aliphatic carbocycles. The van der Waals surface area contributed by atoms with Crippen molar-refractivity contribution in [2.75, 3.05) is 0 Å². The molecule has 0 spiro atoms. The fourth-order valence-electron chi connectivity index (χ4n) is 4.18. The molecule has 0 saturated heterocycles. The van der Waals surface area contributed by atoms with Crippen LogP contribution < -0.4 is 0 Å². The van der Waals surface area contributed by atoms with Gasteiger partial charge in [-0.15, -0.1) is 0 Å². The summed E-state index contributed by atoms with van der Waals surface area (Å²) in [4.78, 5) is 0. The van der Waals surface area contributed by atoms with E-state index in [0.29, 0.717) is 0 Å². The van der Waals surface area contributed by atoms with E-state index in [1.807, 2.05) is 24.0 Å². The van der Waals surface area contributed by atoms with Crippen LogP contribution in [0.15, 0.2) is 24.5 Å². The van der Waals surface area contributed by atoms with E-state index in [4.69, 9.17) is 9.30 Å². The number of rotatable bonds is 5. The van der Waals surface area contributed by atoms with Crippen LogP contribution in [0.5, 0.6) is 0 Å². The van der Waals surface area contributed by atoms with E-state index in [9.17, 15) is 0 Å². The molecule has 34 heavy (non-hydrogen) atoms. The SMILES string of the molecule is C[Si](C)(C)[N-][Si](C)(C)C.C[Si](C)(C)[N-][Si](C)(C)C.Cc1cc(C)c(-n2ccn(C)[c]2=[Co])c(C)c1. The zero-order valence-electron chi connectivity index (χ0n) is 24.9. The van der Waals surface area contributed by atoms with E-state index in [0.717, 1.165) is 4.36 Å². The third-order valence-corrected chi connectivity index (χ3v) is 15.5. The number of benzene rings is 1. The summed E-state index contributed by atoms with van der Waals surface area (Å²) < 4.78 is 14.7. The molecule has 4 nitrogen and oxygen atoms in total.